The Morgan fingerprint density at radius 3 is 2.80 bits per heavy atom. The van der Waals surface area contributed by atoms with Crippen LogP contribution in [0.2, 0.25) is 0 Å². The monoisotopic (exact) mass is 207 g/mol. The van der Waals surface area contributed by atoms with Gasteiger partial charge in [0.05, 0.1) is 13.3 Å². The van der Waals surface area contributed by atoms with E-state index in [1.54, 1.807) is 13.3 Å². The SMILES string of the molecule is COc1ccc(NCC2(N)CCC2)nc1. The third-order valence-corrected chi connectivity index (χ3v) is 2.94. The van der Waals surface area contributed by atoms with Crippen molar-refractivity contribution in [1.82, 2.24) is 4.98 Å². The smallest absolute Gasteiger partial charge is 0.137 e. The highest BCUT2D eigenvalue weighted by atomic mass is 16.5. The fraction of sp³-hybridized carbons (Fsp3) is 0.545. The first kappa shape index (κ1) is 10.2. The maximum absolute atomic E-state index is 6.09. The minimum Gasteiger partial charge on any atom is -0.495 e. The van der Waals surface area contributed by atoms with Crippen LogP contribution in [0.5, 0.6) is 5.75 Å². The molecule has 82 valence electrons. The van der Waals surface area contributed by atoms with Crippen LogP contribution in [0.25, 0.3) is 0 Å². The molecule has 1 aliphatic carbocycles. The highest BCUT2D eigenvalue weighted by Crippen LogP contribution is 2.29. The predicted octanol–water partition coefficient (Wildman–Crippen LogP) is 1.38. The number of nitrogens with one attached hydrogen (secondary N) is 1. The Balaban J connectivity index is 1.87. The Bertz CT molecular complexity index is 319. The number of pyridine rings is 1. The van der Waals surface area contributed by atoms with Gasteiger partial charge in [-0.25, -0.2) is 4.98 Å². The van der Waals surface area contributed by atoms with Crippen molar-refractivity contribution in [2.24, 2.45) is 5.73 Å². The lowest BCUT2D eigenvalue weighted by Crippen LogP contribution is -2.52. The Morgan fingerprint density at radius 2 is 2.33 bits per heavy atom. The number of nitrogens with zero attached hydrogens (tertiary/aromatic N) is 1. The molecule has 0 saturated heterocycles. The molecule has 0 aromatic carbocycles. The minimum atomic E-state index is -0.0123. The fourth-order valence-corrected chi connectivity index (χ4v) is 1.68. The number of nitrogens with two attached hydrogens (primary N) is 1. The van der Waals surface area contributed by atoms with Gasteiger partial charge in [0.1, 0.15) is 11.6 Å². The quantitative estimate of drug-likeness (QED) is 0.783. The molecule has 0 bridgehead atoms. The third kappa shape index (κ3) is 2.39. The van der Waals surface area contributed by atoms with Gasteiger partial charge in [0, 0.05) is 12.1 Å². The highest BCUT2D eigenvalue weighted by molar-refractivity contribution is 5.38. The second-order valence-electron chi connectivity index (χ2n) is 4.15. The van der Waals surface area contributed by atoms with Crippen LogP contribution in [0.15, 0.2) is 18.3 Å². The molecule has 0 amide bonds. The molecule has 4 heteroatoms. The van der Waals surface area contributed by atoms with Crippen molar-refractivity contribution in [3.8, 4) is 5.75 Å². The van der Waals surface area contributed by atoms with Crippen LogP contribution in [-0.4, -0.2) is 24.2 Å². The fourth-order valence-electron chi connectivity index (χ4n) is 1.68. The van der Waals surface area contributed by atoms with E-state index < -0.39 is 0 Å². The predicted molar refractivity (Wildman–Crippen MR) is 60.0 cm³/mol. The number of anilines is 1. The Hall–Kier alpha value is -1.29. The summed E-state index contributed by atoms with van der Waals surface area (Å²) < 4.78 is 5.03. The molecule has 1 aromatic heterocycles. The molecule has 0 spiro atoms. The first-order valence-electron chi connectivity index (χ1n) is 5.25. The van der Waals surface area contributed by atoms with Crippen molar-refractivity contribution in [3.05, 3.63) is 18.3 Å². The van der Waals surface area contributed by atoms with Crippen LogP contribution in [-0.2, 0) is 0 Å². The lowest BCUT2D eigenvalue weighted by atomic mass is 9.78. The van der Waals surface area contributed by atoms with E-state index >= 15 is 0 Å². The average Bonchev–Trinajstić information content (AvgIpc) is 2.24. The van der Waals surface area contributed by atoms with Crippen LogP contribution in [0, 0.1) is 0 Å². The second kappa shape index (κ2) is 4.06. The van der Waals surface area contributed by atoms with Crippen LogP contribution in [0.3, 0.4) is 0 Å². The first-order valence-corrected chi connectivity index (χ1v) is 5.25. The number of aromatic nitrogens is 1. The zero-order chi connectivity index (χ0) is 10.7. The highest BCUT2D eigenvalue weighted by Gasteiger charge is 2.31. The molecular formula is C11H17N3O. The molecule has 3 N–H and O–H groups in total. The lowest BCUT2D eigenvalue weighted by molar-refractivity contribution is 0.265. The minimum absolute atomic E-state index is 0.0123. The normalized spacial score (nSPS) is 18.0. The summed E-state index contributed by atoms with van der Waals surface area (Å²) in [5, 5.41) is 3.25. The number of hydrogen-bond donors (Lipinski definition) is 2. The van der Waals surface area contributed by atoms with E-state index in [2.05, 4.69) is 10.3 Å². The molecule has 1 fully saturated rings. The van der Waals surface area contributed by atoms with Crippen molar-refractivity contribution in [2.75, 3.05) is 19.0 Å². The number of rotatable bonds is 4. The summed E-state index contributed by atoms with van der Waals surface area (Å²) in [4.78, 5) is 4.22. The number of methoxy groups -OCH3 is 1. The molecular weight excluding hydrogens is 190 g/mol. The first-order chi connectivity index (χ1) is 7.22. The van der Waals surface area contributed by atoms with E-state index in [4.69, 9.17) is 10.5 Å². The topological polar surface area (TPSA) is 60.2 Å². The molecule has 1 saturated carbocycles. The molecule has 4 nitrogen and oxygen atoms in total. The Morgan fingerprint density at radius 1 is 1.53 bits per heavy atom. The molecule has 1 heterocycles. The standard InChI is InChI=1S/C11H17N3O/c1-15-9-3-4-10(13-7-9)14-8-11(12)5-2-6-11/h3-4,7H,2,5-6,8,12H2,1H3,(H,13,14). The largest absolute Gasteiger partial charge is 0.495 e. The van der Waals surface area contributed by atoms with E-state index in [1.807, 2.05) is 12.1 Å². The molecule has 1 aromatic rings. The van der Waals surface area contributed by atoms with Crippen LogP contribution >= 0.6 is 0 Å². The van der Waals surface area contributed by atoms with E-state index in [9.17, 15) is 0 Å². The Kier molecular flexibility index (Phi) is 2.77. The van der Waals surface area contributed by atoms with E-state index in [0.29, 0.717) is 0 Å². The molecule has 2 rings (SSSR count). The van der Waals surface area contributed by atoms with E-state index in [-0.39, 0.29) is 5.54 Å². The van der Waals surface area contributed by atoms with Gasteiger partial charge in [0.25, 0.3) is 0 Å². The maximum Gasteiger partial charge on any atom is 0.137 e. The number of hydrogen-bond acceptors (Lipinski definition) is 4. The van der Waals surface area contributed by atoms with Gasteiger partial charge in [-0.3, -0.25) is 0 Å². The van der Waals surface area contributed by atoms with Gasteiger partial charge in [-0.2, -0.15) is 0 Å². The van der Waals surface area contributed by atoms with E-state index in [1.165, 1.54) is 6.42 Å². The zero-order valence-electron chi connectivity index (χ0n) is 8.99. The third-order valence-electron chi connectivity index (χ3n) is 2.94. The van der Waals surface area contributed by atoms with Crippen molar-refractivity contribution in [1.29, 1.82) is 0 Å². The Labute approximate surface area is 89.8 Å². The van der Waals surface area contributed by atoms with Gasteiger partial charge in [0.2, 0.25) is 0 Å². The summed E-state index contributed by atoms with van der Waals surface area (Å²) in [6, 6.07) is 3.79. The molecule has 15 heavy (non-hydrogen) atoms. The summed E-state index contributed by atoms with van der Waals surface area (Å²) in [6.45, 7) is 0.798. The summed E-state index contributed by atoms with van der Waals surface area (Å²) in [7, 11) is 1.63. The van der Waals surface area contributed by atoms with Gasteiger partial charge in [-0.15, -0.1) is 0 Å². The van der Waals surface area contributed by atoms with Crippen molar-refractivity contribution >= 4 is 5.82 Å². The van der Waals surface area contributed by atoms with Gasteiger partial charge < -0.3 is 15.8 Å². The van der Waals surface area contributed by atoms with Gasteiger partial charge in [0.15, 0.2) is 0 Å². The summed E-state index contributed by atoms with van der Waals surface area (Å²) >= 11 is 0. The van der Waals surface area contributed by atoms with Crippen molar-refractivity contribution < 1.29 is 4.74 Å². The number of ether oxygens (including phenoxy) is 1. The molecule has 0 aliphatic heterocycles. The molecule has 1 aliphatic rings. The van der Waals surface area contributed by atoms with Crippen LogP contribution in [0.4, 0.5) is 5.82 Å². The van der Waals surface area contributed by atoms with Crippen LogP contribution < -0.4 is 15.8 Å². The van der Waals surface area contributed by atoms with Crippen molar-refractivity contribution in [3.63, 3.8) is 0 Å². The maximum atomic E-state index is 6.09. The molecule has 0 atom stereocenters. The molecule has 0 radical (unpaired) electrons. The summed E-state index contributed by atoms with van der Waals surface area (Å²) in [5.74, 6) is 1.62. The zero-order valence-corrected chi connectivity index (χ0v) is 8.99. The van der Waals surface area contributed by atoms with E-state index in [0.717, 1.165) is 31.0 Å². The van der Waals surface area contributed by atoms with Gasteiger partial charge >= 0.3 is 0 Å². The van der Waals surface area contributed by atoms with Crippen LogP contribution in [0.1, 0.15) is 19.3 Å². The molecule has 0 unspecified atom stereocenters. The van der Waals surface area contributed by atoms with Gasteiger partial charge in [-0.05, 0) is 31.4 Å². The second-order valence-corrected chi connectivity index (χ2v) is 4.15. The van der Waals surface area contributed by atoms with Gasteiger partial charge in [-0.1, -0.05) is 0 Å². The summed E-state index contributed by atoms with van der Waals surface area (Å²) in [5.41, 5.74) is 6.08. The summed E-state index contributed by atoms with van der Waals surface area (Å²) in [6.07, 6.45) is 5.16. The lowest BCUT2D eigenvalue weighted by Gasteiger charge is -2.38. The average molecular weight is 207 g/mol. The van der Waals surface area contributed by atoms with Crippen molar-refractivity contribution in [2.45, 2.75) is 24.8 Å².